The molecular weight excluding hydrogens is 304 g/mol. The highest BCUT2D eigenvalue weighted by atomic mass is 35.5. The lowest BCUT2D eigenvalue weighted by Crippen LogP contribution is -2.30. The minimum absolute atomic E-state index is 0.0808. The highest BCUT2D eigenvalue weighted by Gasteiger charge is 2.11. The van der Waals surface area contributed by atoms with Crippen molar-refractivity contribution in [3.05, 3.63) is 23.2 Å². The number of anilines is 1. The molecule has 1 aromatic rings. The van der Waals surface area contributed by atoms with Gasteiger partial charge in [-0.2, -0.15) is 0 Å². The van der Waals surface area contributed by atoms with Crippen LogP contribution >= 0.6 is 11.6 Å². The molecule has 0 unspecified atom stereocenters. The largest absolute Gasteiger partial charge is 0.497 e. The summed E-state index contributed by atoms with van der Waals surface area (Å²) >= 11 is 6.03. The highest BCUT2D eigenvalue weighted by Crippen LogP contribution is 2.26. The fourth-order valence-corrected chi connectivity index (χ4v) is 2.24. The van der Waals surface area contributed by atoms with Gasteiger partial charge in [-0.05, 0) is 32.4 Å². The van der Waals surface area contributed by atoms with Crippen molar-refractivity contribution in [3.8, 4) is 5.75 Å². The summed E-state index contributed by atoms with van der Waals surface area (Å²) in [5.74, 6) is 0.538. The molecule has 5 nitrogen and oxygen atoms in total. The summed E-state index contributed by atoms with van der Waals surface area (Å²) in [4.78, 5) is 25.5. The molecule has 2 amide bonds. The second-order valence-electron chi connectivity index (χ2n) is 4.81. The van der Waals surface area contributed by atoms with Gasteiger partial charge in [-0.1, -0.05) is 11.6 Å². The SMILES string of the molecule is CCN(CC)C(=O)CCCC(=O)Nc1cc(OC)ccc1Cl. The Balaban J connectivity index is 2.45. The predicted octanol–water partition coefficient (Wildman–Crippen LogP) is 3.33. The van der Waals surface area contributed by atoms with E-state index in [4.69, 9.17) is 16.3 Å². The van der Waals surface area contributed by atoms with Gasteiger partial charge < -0.3 is 15.0 Å². The van der Waals surface area contributed by atoms with Gasteiger partial charge in [0.25, 0.3) is 0 Å². The molecule has 0 fully saturated rings. The van der Waals surface area contributed by atoms with E-state index in [9.17, 15) is 9.59 Å². The van der Waals surface area contributed by atoms with Gasteiger partial charge >= 0.3 is 0 Å². The molecule has 0 spiro atoms. The predicted molar refractivity (Wildman–Crippen MR) is 88.4 cm³/mol. The number of carbonyl (C=O) groups is 2. The molecule has 0 atom stereocenters. The molecule has 0 bridgehead atoms. The van der Waals surface area contributed by atoms with E-state index in [1.807, 2.05) is 13.8 Å². The lowest BCUT2D eigenvalue weighted by atomic mass is 10.2. The number of nitrogens with zero attached hydrogens (tertiary/aromatic N) is 1. The van der Waals surface area contributed by atoms with E-state index in [1.54, 1.807) is 30.2 Å². The molecule has 0 radical (unpaired) electrons. The minimum atomic E-state index is -0.164. The van der Waals surface area contributed by atoms with Crippen LogP contribution in [0, 0.1) is 0 Å². The highest BCUT2D eigenvalue weighted by molar-refractivity contribution is 6.33. The van der Waals surface area contributed by atoms with E-state index in [-0.39, 0.29) is 18.2 Å². The molecule has 0 aliphatic heterocycles. The normalized spacial score (nSPS) is 10.2. The van der Waals surface area contributed by atoms with Gasteiger partial charge in [0.15, 0.2) is 0 Å². The maximum absolute atomic E-state index is 11.9. The molecule has 0 aliphatic rings. The first-order valence-corrected chi connectivity index (χ1v) is 7.80. The fourth-order valence-electron chi connectivity index (χ4n) is 2.07. The number of amides is 2. The molecule has 1 aromatic carbocycles. The molecule has 0 heterocycles. The number of hydrogen-bond acceptors (Lipinski definition) is 3. The zero-order valence-corrected chi connectivity index (χ0v) is 14.1. The van der Waals surface area contributed by atoms with Gasteiger partial charge in [-0.15, -0.1) is 0 Å². The molecule has 1 N–H and O–H groups in total. The van der Waals surface area contributed by atoms with Crippen LogP contribution in [0.15, 0.2) is 18.2 Å². The van der Waals surface area contributed by atoms with E-state index in [0.717, 1.165) is 0 Å². The average molecular weight is 327 g/mol. The standard InChI is InChI=1S/C16H23ClN2O3/c1-4-19(5-2)16(21)8-6-7-15(20)18-14-11-12(22-3)9-10-13(14)17/h9-11H,4-8H2,1-3H3,(H,18,20). The van der Waals surface area contributed by atoms with Gasteiger partial charge in [-0.3, -0.25) is 9.59 Å². The first kappa shape index (κ1) is 18.3. The summed E-state index contributed by atoms with van der Waals surface area (Å²) in [6, 6.07) is 5.06. The number of benzene rings is 1. The van der Waals surface area contributed by atoms with E-state index >= 15 is 0 Å². The topological polar surface area (TPSA) is 58.6 Å². The van der Waals surface area contributed by atoms with Crippen LogP contribution in [0.3, 0.4) is 0 Å². The third-order valence-electron chi connectivity index (χ3n) is 3.36. The number of rotatable bonds is 8. The van der Waals surface area contributed by atoms with Gasteiger partial charge in [0.2, 0.25) is 11.8 Å². The summed E-state index contributed by atoms with van der Waals surface area (Å²) < 4.78 is 5.09. The molecule has 22 heavy (non-hydrogen) atoms. The minimum Gasteiger partial charge on any atom is -0.497 e. The zero-order valence-electron chi connectivity index (χ0n) is 13.3. The number of nitrogens with one attached hydrogen (secondary N) is 1. The molecule has 0 saturated heterocycles. The molecule has 0 saturated carbocycles. The van der Waals surface area contributed by atoms with Crippen LogP contribution in [0.1, 0.15) is 33.1 Å². The van der Waals surface area contributed by atoms with Crippen molar-refractivity contribution in [2.45, 2.75) is 33.1 Å². The lowest BCUT2D eigenvalue weighted by molar-refractivity contribution is -0.130. The Kier molecular flexibility index (Phi) is 7.74. The zero-order chi connectivity index (χ0) is 16.5. The number of hydrogen-bond donors (Lipinski definition) is 1. The molecule has 6 heteroatoms. The van der Waals surface area contributed by atoms with Crippen molar-refractivity contribution in [3.63, 3.8) is 0 Å². The third-order valence-corrected chi connectivity index (χ3v) is 3.69. The lowest BCUT2D eigenvalue weighted by Gasteiger charge is -2.18. The second-order valence-corrected chi connectivity index (χ2v) is 5.22. The van der Waals surface area contributed by atoms with Crippen molar-refractivity contribution < 1.29 is 14.3 Å². The Morgan fingerprint density at radius 1 is 1.23 bits per heavy atom. The van der Waals surface area contributed by atoms with E-state index in [1.165, 1.54) is 0 Å². The summed E-state index contributed by atoms with van der Waals surface area (Å²) in [6.07, 6.45) is 1.17. The Hall–Kier alpha value is -1.75. The van der Waals surface area contributed by atoms with Crippen LogP contribution in [0.4, 0.5) is 5.69 Å². The van der Waals surface area contributed by atoms with Gasteiger partial charge in [0.1, 0.15) is 5.75 Å². The third kappa shape index (κ3) is 5.56. The Morgan fingerprint density at radius 2 is 1.91 bits per heavy atom. The monoisotopic (exact) mass is 326 g/mol. The number of carbonyl (C=O) groups excluding carboxylic acids is 2. The van der Waals surface area contributed by atoms with Crippen LogP contribution in [-0.2, 0) is 9.59 Å². The number of methoxy groups -OCH3 is 1. The van der Waals surface area contributed by atoms with Crippen molar-refractivity contribution in [1.29, 1.82) is 0 Å². The fraction of sp³-hybridized carbons (Fsp3) is 0.500. The summed E-state index contributed by atoms with van der Waals surface area (Å²) in [7, 11) is 1.55. The van der Waals surface area contributed by atoms with Gasteiger partial charge in [0.05, 0.1) is 17.8 Å². The Labute approximate surface area is 136 Å². The van der Waals surface area contributed by atoms with E-state index in [0.29, 0.717) is 42.4 Å². The summed E-state index contributed by atoms with van der Waals surface area (Å²) in [6.45, 7) is 5.28. The van der Waals surface area contributed by atoms with E-state index < -0.39 is 0 Å². The smallest absolute Gasteiger partial charge is 0.224 e. The first-order chi connectivity index (χ1) is 10.5. The summed E-state index contributed by atoms with van der Waals surface area (Å²) in [5, 5.41) is 3.19. The van der Waals surface area contributed by atoms with Gasteiger partial charge in [0, 0.05) is 32.0 Å². The average Bonchev–Trinajstić information content (AvgIpc) is 2.50. The molecular formula is C16H23ClN2O3. The molecule has 0 aliphatic carbocycles. The maximum Gasteiger partial charge on any atom is 0.224 e. The molecule has 1 rings (SSSR count). The van der Waals surface area contributed by atoms with Crippen molar-refractivity contribution in [2.75, 3.05) is 25.5 Å². The van der Waals surface area contributed by atoms with Crippen LogP contribution in [0.25, 0.3) is 0 Å². The van der Waals surface area contributed by atoms with Crippen LogP contribution in [-0.4, -0.2) is 36.9 Å². The van der Waals surface area contributed by atoms with Crippen molar-refractivity contribution >= 4 is 29.1 Å². The van der Waals surface area contributed by atoms with Crippen molar-refractivity contribution in [1.82, 2.24) is 4.90 Å². The second kappa shape index (κ2) is 9.30. The van der Waals surface area contributed by atoms with Crippen LogP contribution in [0.5, 0.6) is 5.75 Å². The number of halogens is 1. The van der Waals surface area contributed by atoms with E-state index in [2.05, 4.69) is 5.32 Å². The maximum atomic E-state index is 11.9. The quantitative estimate of drug-likeness (QED) is 0.797. The molecule has 0 aromatic heterocycles. The van der Waals surface area contributed by atoms with Crippen LogP contribution in [0.2, 0.25) is 5.02 Å². The molecule has 122 valence electrons. The Morgan fingerprint density at radius 3 is 2.50 bits per heavy atom. The Bertz CT molecular complexity index is 516. The van der Waals surface area contributed by atoms with Gasteiger partial charge in [-0.25, -0.2) is 0 Å². The first-order valence-electron chi connectivity index (χ1n) is 7.43. The van der Waals surface area contributed by atoms with Crippen molar-refractivity contribution in [2.24, 2.45) is 0 Å². The van der Waals surface area contributed by atoms with Crippen LogP contribution < -0.4 is 10.1 Å². The summed E-state index contributed by atoms with van der Waals surface area (Å²) in [5.41, 5.74) is 0.515. The number of ether oxygens (including phenoxy) is 1.